The quantitative estimate of drug-likeness (QED) is 0.642. The molecule has 7 nitrogen and oxygen atoms in total. The summed E-state index contributed by atoms with van der Waals surface area (Å²) in [5.41, 5.74) is 0. The van der Waals surface area contributed by atoms with Gasteiger partial charge < -0.3 is 9.47 Å². The fraction of sp³-hybridized carbons (Fsp3) is 0.800. The van der Waals surface area contributed by atoms with Crippen LogP contribution in [-0.2, 0) is 24.3 Å². The van der Waals surface area contributed by atoms with Gasteiger partial charge in [-0.15, -0.1) is 0 Å². The van der Waals surface area contributed by atoms with Crippen LogP contribution in [0.4, 0.5) is 0 Å². The number of carbonyl (C=O) groups is 1. The Labute approximate surface area is 106 Å². The fourth-order valence-corrected chi connectivity index (χ4v) is 2.89. The first kappa shape index (κ1) is 14.9. The predicted octanol–water partition coefficient (Wildman–Crippen LogP) is -0.508. The number of hydrogen-bond acceptors (Lipinski definition) is 6. The molecule has 2 atom stereocenters. The van der Waals surface area contributed by atoms with E-state index in [1.165, 1.54) is 18.3 Å². The molecule has 0 saturated carbocycles. The van der Waals surface area contributed by atoms with E-state index in [-0.39, 0.29) is 26.1 Å². The molecule has 1 rings (SSSR count). The number of carbonyl (C=O) groups excluding carboxylic acids is 1. The molecule has 1 heterocycles. The SMILES string of the molecule is COC(=O)CC1CN(S(=O)(=O)C(C)C#N)CCO1. The van der Waals surface area contributed by atoms with Gasteiger partial charge in [-0.2, -0.15) is 9.57 Å². The van der Waals surface area contributed by atoms with Crippen LogP contribution in [0.2, 0.25) is 0 Å². The third kappa shape index (κ3) is 3.41. The van der Waals surface area contributed by atoms with Crippen LogP contribution in [0, 0.1) is 11.3 Å². The number of morpholine rings is 1. The number of rotatable bonds is 4. The van der Waals surface area contributed by atoms with Crippen molar-refractivity contribution in [3.63, 3.8) is 0 Å². The highest BCUT2D eigenvalue weighted by molar-refractivity contribution is 7.89. The fourth-order valence-electron chi connectivity index (χ4n) is 1.61. The Kier molecular flexibility index (Phi) is 5.07. The Hall–Kier alpha value is -1.17. The predicted molar refractivity (Wildman–Crippen MR) is 61.9 cm³/mol. The molecule has 0 spiro atoms. The first-order valence-electron chi connectivity index (χ1n) is 5.48. The van der Waals surface area contributed by atoms with E-state index in [9.17, 15) is 13.2 Å². The Balaban J connectivity index is 2.70. The van der Waals surface area contributed by atoms with Gasteiger partial charge >= 0.3 is 5.97 Å². The number of ether oxygens (including phenoxy) is 2. The molecule has 2 unspecified atom stereocenters. The maximum atomic E-state index is 11.9. The molecule has 1 aliphatic heterocycles. The highest BCUT2D eigenvalue weighted by atomic mass is 32.2. The molecule has 0 aromatic rings. The van der Waals surface area contributed by atoms with Crippen molar-refractivity contribution in [2.24, 2.45) is 0 Å². The minimum absolute atomic E-state index is 0.00343. The van der Waals surface area contributed by atoms with Gasteiger partial charge in [-0.1, -0.05) is 0 Å². The molecular formula is C10H16N2O5S. The van der Waals surface area contributed by atoms with Crippen LogP contribution in [-0.4, -0.2) is 56.9 Å². The molecule has 1 aliphatic rings. The number of sulfonamides is 1. The highest BCUT2D eigenvalue weighted by Gasteiger charge is 2.34. The van der Waals surface area contributed by atoms with Gasteiger partial charge in [0.2, 0.25) is 10.0 Å². The van der Waals surface area contributed by atoms with Gasteiger partial charge in [0.15, 0.2) is 5.25 Å². The molecule has 0 N–H and O–H groups in total. The topological polar surface area (TPSA) is 96.7 Å². The van der Waals surface area contributed by atoms with Crippen LogP contribution >= 0.6 is 0 Å². The molecule has 8 heteroatoms. The molecule has 1 fully saturated rings. The van der Waals surface area contributed by atoms with Gasteiger partial charge in [-0.3, -0.25) is 4.79 Å². The zero-order valence-electron chi connectivity index (χ0n) is 10.3. The second-order valence-electron chi connectivity index (χ2n) is 3.95. The van der Waals surface area contributed by atoms with Crippen molar-refractivity contribution >= 4 is 16.0 Å². The molecule has 1 saturated heterocycles. The van der Waals surface area contributed by atoms with Crippen molar-refractivity contribution in [3.8, 4) is 6.07 Å². The summed E-state index contributed by atoms with van der Waals surface area (Å²) in [4.78, 5) is 11.1. The maximum Gasteiger partial charge on any atom is 0.308 e. The number of esters is 1. The van der Waals surface area contributed by atoms with Crippen molar-refractivity contribution < 1.29 is 22.7 Å². The van der Waals surface area contributed by atoms with Gasteiger partial charge in [-0.25, -0.2) is 8.42 Å². The summed E-state index contributed by atoms with van der Waals surface area (Å²) in [5.74, 6) is -0.451. The van der Waals surface area contributed by atoms with E-state index in [1.807, 2.05) is 0 Å². The van der Waals surface area contributed by atoms with Crippen molar-refractivity contribution in [2.75, 3.05) is 26.8 Å². The second-order valence-corrected chi connectivity index (χ2v) is 6.20. The number of nitrogens with zero attached hydrogens (tertiary/aromatic N) is 2. The lowest BCUT2D eigenvalue weighted by molar-refractivity contribution is -0.145. The van der Waals surface area contributed by atoms with Gasteiger partial charge in [0.05, 0.1) is 32.3 Å². The molecule has 0 amide bonds. The summed E-state index contributed by atoms with van der Waals surface area (Å²) in [6, 6.07) is 1.71. The summed E-state index contributed by atoms with van der Waals surface area (Å²) >= 11 is 0. The van der Waals surface area contributed by atoms with E-state index in [2.05, 4.69) is 4.74 Å². The van der Waals surface area contributed by atoms with E-state index in [0.29, 0.717) is 0 Å². The minimum atomic E-state index is -3.65. The molecule has 102 valence electrons. The number of methoxy groups -OCH3 is 1. The minimum Gasteiger partial charge on any atom is -0.469 e. The zero-order chi connectivity index (χ0) is 13.8. The Morgan fingerprint density at radius 1 is 1.67 bits per heavy atom. The van der Waals surface area contributed by atoms with Crippen LogP contribution in [0.3, 0.4) is 0 Å². The highest BCUT2D eigenvalue weighted by Crippen LogP contribution is 2.16. The summed E-state index contributed by atoms with van der Waals surface area (Å²) in [6.45, 7) is 1.81. The third-order valence-electron chi connectivity index (χ3n) is 2.71. The number of hydrogen-bond donors (Lipinski definition) is 0. The molecule has 0 aromatic carbocycles. The molecule has 0 aromatic heterocycles. The van der Waals surface area contributed by atoms with E-state index >= 15 is 0 Å². The average molecular weight is 276 g/mol. The van der Waals surface area contributed by atoms with E-state index < -0.39 is 27.3 Å². The van der Waals surface area contributed by atoms with Crippen LogP contribution in [0.1, 0.15) is 13.3 Å². The summed E-state index contributed by atoms with van der Waals surface area (Å²) in [5, 5.41) is 7.59. The van der Waals surface area contributed by atoms with Crippen LogP contribution in [0.5, 0.6) is 0 Å². The summed E-state index contributed by atoms with van der Waals surface area (Å²) in [6.07, 6.45) is -0.518. The third-order valence-corrected chi connectivity index (χ3v) is 4.76. The van der Waals surface area contributed by atoms with Crippen molar-refractivity contribution in [3.05, 3.63) is 0 Å². The lowest BCUT2D eigenvalue weighted by atomic mass is 10.2. The lowest BCUT2D eigenvalue weighted by Crippen LogP contribution is -2.48. The largest absolute Gasteiger partial charge is 0.469 e. The Morgan fingerprint density at radius 2 is 2.33 bits per heavy atom. The molecule has 0 aliphatic carbocycles. The van der Waals surface area contributed by atoms with E-state index in [0.717, 1.165) is 0 Å². The van der Waals surface area contributed by atoms with Gasteiger partial charge in [0.1, 0.15) is 0 Å². The van der Waals surface area contributed by atoms with Gasteiger partial charge in [0, 0.05) is 13.1 Å². The maximum absolute atomic E-state index is 11.9. The van der Waals surface area contributed by atoms with Crippen molar-refractivity contribution in [2.45, 2.75) is 24.7 Å². The van der Waals surface area contributed by atoms with E-state index in [1.54, 1.807) is 6.07 Å². The number of nitriles is 1. The standard InChI is InChI=1S/C10H16N2O5S/c1-8(6-11)18(14,15)12-3-4-17-9(7-12)5-10(13)16-2/h8-9H,3-5,7H2,1-2H3. The summed E-state index contributed by atoms with van der Waals surface area (Å²) < 4.78 is 34.9. The Morgan fingerprint density at radius 3 is 2.89 bits per heavy atom. The monoisotopic (exact) mass is 276 g/mol. The first-order valence-corrected chi connectivity index (χ1v) is 6.99. The zero-order valence-corrected chi connectivity index (χ0v) is 11.1. The average Bonchev–Trinajstić information content (AvgIpc) is 2.37. The van der Waals surface area contributed by atoms with Crippen LogP contribution in [0.25, 0.3) is 0 Å². The molecular weight excluding hydrogens is 260 g/mol. The second kappa shape index (κ2) is 6.13. The molecule has 0 bridgehead atoms. The van der Waals surface area contributed by atoms with E-state index in [4.69, 9.17) is 10.00 Å². The van der Waals surface area contributed by atoms with Crippen LogP contribution in [0.15, 0.2) is 0 Å². The first-order chi connectivity index (χ1) is 8.41. The van der Waals surface area contributed by atoms with Gasteiger partial charge in [0.25, 0.3) is 0 Å². The Bertz CT molecular complexity index is 442. The molecule has 18 heavy (non-hydrogen) atoms. The lowest BCUT2D eigenvalue weighted by Gasteiger charge is -2.32. The summed E-state index contributed by atoms with van der Waals surface area (Å²) in [7, 11) is -2.39. The van der Waals surface area contributed by atoms with Gasteiger partial charge in [-0.05, 0) is 6.92 Å². The van der Waals surface area contributed by atoms with Crippen molar-refractivity contribution in [1.82, 2.24) is 4.31 Å². The van der Waals surface area contributed by atoms with Crippen molar-refractivity contribution in [1.29, 1.82) is 5.26 Å². The normalized spacial score (nSPS) is 23.1. The molecule has 0 radical (unpaired) electrons. The smallest absolute Gasteiger partial charge is 0.308 e. The van der Waals surface area contributed by atoms with Crippen LogP contribution < -0.4 is 0 Å².